The molecule has 1 aromatic carbocycles. The van der Waals surface area contributed by atoms with Crippen LogP contribution in [0.3, 0.4) is 0 Å². The highest BCUT2D eigenvalue weighted by Crippen LogP contribution is 2.36. The summed E-state index contributed by atoms with van der Waals surface area (Å²) in [4.78, 5) is 34.7. The van der Waals surface area contributed by atoms with Gasteiger partial charge in [-0.1, -0.05) is 12.1 Å². The second-order valence-electron chi connectivity index (χ2n) is 9.94. The SMILES string of the molecule is CS(=O)(=O)N1CCN(Cc2cc3nc(-c4cccc5[nH]ncc45)nc(N4CCOCC4)c3s2)CC1.O=C(O)CC(=O)O. The molecule has 5 heterocycles. The molecule has 6 rings (SSSR count). The number of piperazine rings is 1. The van der Waals surface area contributed by atoms with Gasteiger partial charge in [-0.3, -0.25) is 19.6 Å². The summed E-state index contributed by atoms with van der Waals surface area (Å²) in [6.45, 7) is 6.22. The summed E-state index contributed by atoms with van der Waals surface area (Å²) in [7, 11) is -3.13. The zero-order valence-corrected chi connectivity index (χ0v) is 24.5. The van der Waals surface area contributed by atoms with E-state index in [9.17, 15) is 18.0 Å². The van der Waals surface area contributed by atoms with Crippen molar-refractivity contribution in [2.45, 2.75) is 13.0 Å². The molecule has 3 aromatic heterocycles. The van der Waals surface area contributed by atoms with Crippen LogP contribution in [0.2, 0.25) is 0 Å². The van der Waals surface area contributed by atoms with E-state index in [0.29, 0.717) is 32.1 Å². The van der Waals surface area contributed by atoms with Gasteiger partial charge >= 0.3 is 11.9 Å². The second-order valence-corrected chi connectivity index (χ2v) is 13.1. The van der Waals surface area contributed by atoms with Gasteiger partial charge in [-0.2, -0.15) is 9.40 Å². The number of rotatable bonds is 7. The number of sulfonamides is 1. The second kappa shape index (κ2) is 12.7. The molecule has 4 aromatic rings. The summed E-state index contributed by atoms with van der Waals surface area (Å²) in [5, 5.41) is 23.6. The minimum absolute atomic E-state index is 0.529. The fourth-order valence-corrected chi connectivity index (χ4v) is 6.87. The van der Waals surface area contributed by atoms with Crippen LogP contribution in [-0.4, -0.2) is 119 Å². The smallest absolute Gasteiger partial charge is 0.314 e. The molecule has 2 aliphatic heterocycles. The van der Waals surface area contributed by atoms with Crippen molar-refractivity contribution in [2.24, 2.45) is 0 Å². The number of hydrogen-bond acceptors (Lipinski definition) is 11. The molecule has 0 bridgehead atoms. The number of nitrogens with one attached hydrogen (secondary N) is 1. The number of H-pyrrole nitrogens is 1. The molecule has 0 unspecified atom stereocenters. The topological polar surface area (TPSA) is 182 Å². The van der Waals surface area contributed by atoms with Crippen LogP contribution >= 0.6 is 11.3 Å². The van der Waals surface area contributed by atoms with Gasteiger partial charge in [0, 0.05) is 61.6 Å². The maximum atomic E-state index is 11.8. The van der Waals surface area contributed by atoms with Crippen LogP contribution in [0.25, 0.3) is 32.5 Å². The lowest BCUT2D eigenvalue weighted by molar-refractivity contribution is -0.147. The zero-order chi connectivity index (χ0) is 29.9. The lowest BCUT2D eigenvalue weighted by atomic mass is 10.1. The number of aromatic amines is 1. The molecule has 3 N–H and O–H groups in total. The first-order chi connectivity index (χ1) is 20.1. The van der Waals surface area contributed by atoms with E-state index >= 15 is 0 Å². The molecule has 0 aliphatic carbocycles. The first-order valence-electron chi connectivity index (χ1n) is 13.2. The predicted molar refractivity (Wildman–Crippen MR) is 157 cm³/mol. The number of nitrogens with zero attached hydrogens (tertiary/aromatic N) is 6. The minimum Gasteiger partial charge on any atom is -0.481 e. The first-order valence-corrected chi connectivity index (χ1v) is 15.9. The number of morpholine rings is 1. The van der Waals surface area contributed by atoms with E-state index in [2.05, 4.69) is 26.1 Å². The summed E-state index contributed by atoms with van der Waals surface area (Å²) in [5.41, 5.74) is 2.85. The number of carboxylic acid groups (broad SMARTS) is 2. The number of ether oxygens (including phenoxy) is 1. The highest BCUT2D eigenvalue weighted by Gasteiger charge is 2.25. The van der Waals surface area contributed by atoms with Gasteiger partial charge in [-0.05, 0) is 12.1 Å². The van der Waals surface area contributed by atoms with Crippen LogP contribution in [-0.2, 0) is 30.9 Å². The van der Waals surface area contributed by atoms with E-state index in [1.807, 2.05) is 24.4 Å². The molecule has 42 heavy (non-hydrogen) atoms. The van der Waals surface area contributed by atoms with Gasteiger partial charge in [0.2, 0.25) is 10.0 Å². The summed E-state index contributed by atoms with van der Waals surface area (Å²) in [6, 6.07) is 8.19. The molecule has 2 fully saturated rings. The van der Waals surface area contributed by atoms with Crippen molar-refractivity contribution < 1.29 is 33.0 Å². The Balaban J connectivity index is 0.000000451. The van der Waals surface area contributed by atoms with Crippen LogP contribution in [0, 0.1) is 0 Å². The maximum absolute atomic E-state index is 11.8. The Morgan fingerprint density at radius 2 is 1.76 bits per heavy atom. The van der Waals surface area contributed by atoms with Crippen LogP contribution in [0.15, 0.2) is 30.5 Å². The maximum Gasteiger partial charge on any atom is 0.314 e. The lowest BCUT2D eigenvalue weighted by Gasteiger charge is -2.32. The quantitative estimate of drug-likeness (QED) is 0.256. The Kier molecular flexibility index (Phi) is 8.98. The van der Waals surface area contributed by atoms with E-state index in [4.69, 9.17) is 24.9 Å². The Morgan fingerprint density at radius 1 is 1.05 bits per heavy atom. The van der Waals surface area contributed by atoms with Crippen molar-refractivity contribution >= 4 is 60.2 Å². The van der Waals surface area contributed by atoms with Crippen LogP contribution in [0.1, 0.15) is 11.3 Å². The number of fused-ring (bicyclic) bond motifs is 2. The predicted octanol–water partition coefficient (Wildman–Crippen LogP) is 1.69. The molecule has 14 nitrogen and oxygen atoms in total. The molecule has 2 saturated heterocycles. The fourth-order valence-electron chi connectivity index (χ4n) is 4.88. The highest BCUT2D eigenvalue weighted by atomic mass is 32.2. The average molecular weight is 618 g/mol. The number of thiophene rings is 1. The van der Waals surface area contributed by atoms with E-state index in [0.717, 1.165) is 65.2 Å². The molecular formula is C26H31N7O7S2. The van der Waals surface area contributed by atoms with Crippen LogP contribution in [0.4, 0.5) is 5.82 Å². The van der Waals surface area contributed by atoms with Gasteiger partial charge in [0.05, 0.1) is 41.4 Å². The fraction of sp³-hybridized carbons (Fsp3) is 0.423. The van der Waals surface area contributed by atoms with Gasteiger partial charge in [0.15, 0.2) is 11.6 Å². The average Bonchev–Trinajstić information content (AvgIpc) is 3.59. The Hall–Kier alpha value is -3.70. The number of carbonyl (C=O) groups is 2. The third-order valence-corrected chi connectivity index (χ3v) is 9.33. The third kappa shape index (κ3) is 7.01. The third-order valence-electron chi connectivity index (χ3n) is 6.92. The van der Waals surface area contributed by atoms with Crippen molar-refractivity contribution in [1.29, 1.82) is 0 Å². The number of benzene rings is 1. The van der Waals surface area contributed by atoms with E-state index in [-0.39, 0.29) is 0 Å². The normalized spacial score (nSPS) is 16.8. The number of carboxylic acids is 2. The molecule has 0 spiro atoms. The highest BCUT2D eigenvalue weighted by molar-refractivity contribution is 7.88. The number of hydrogen-bond donors (Lipinski definition) is 3. The summed E-state index contributed by atoms with van der Waals surface area (Å²) in [6.07, 6.45) is 2.30. The first kappa shape index (κ1) is 29.8. The van der Waals surface area contributed by atoms with Crippen molar-refractivity contribution in [2.75, 3.05) is 63.6 Å². The van der Waals surface area contributed by atoms with Gasteiger partial charge in [0.25, 0.3) is 0 Å². The molecule has 0 atom stereocenters. The molecular weight excluding hydrogens is 586 g/mol. The van der Waals surface area contributed by atoms with Crippen molar-refractivity contribution in [3.8, 4) is 11.4 Å². The lowest BCUT2D eigenvalue weighted by Crippen LogP contribution is -2.47. The standard InChI is InChI=1S/C23H27N7O3S2.C3H4O4/c1-35(31,32)30-7-5-28(6-8-30)15-16-13-20-21(34-16)23(29-9-11-33-12-10-29)26-22(25-20)17-3-2-4-19-18(17)14-24-27-19;4-2(5)1-3(6)7/h2-4,13-14H,5-12,15H2,1H3,(H,24,27);1H2,(H,4,5)(H,6,7). The van der Waals surface area contributed by atoms with Crippen molar-refractivity contribution in [3.63, 3.8) is 0 Å². The number of anilines is 1. The Labute approximate surface area is 245 Å². The molecule has 0 radical (unpaired) electrons. The molecule has 2 aliphatic rings. The summed E-state index contributed by atoms with van der Waals surface area (Å²) in [5.74, 6) is -0.982. The zero-order valence-electron chi connectivity index (χ0n) is 22.9. The number of aromatic nitrogens is 4. The Morgan fingerprint density at radius 3 is 2.40 bits per heavy atom. The summed E-state index contributed by atoms with van der Waals surface area (Å²) < 4.78 is 31.9. The summed E-state index contributed by atoms with van der Waals surface area (Å²) >= 11 is 1.73. The van der Waals surface area contributed by atoms with Gasteiger partial charge in [0.1, 0.15) is 6.42 Å². The van der Waals surface area contributed by atoms with E-state index in [1.54, 1.807) is 15.6 Å². The van der Waals surface area contributed by atoms with Crippen molar-refractivity contribution in [1.82, 2.24) is 29.4 Å². The van der Waals surface area contributed by atoms with Crippen molar-refractivity contribution in [3.05, 3.63) is 35.3 Å². The Bertz CT molecular complexity index is 1680. The molecule has 0 amide bonds. The van der Waals surface area contributed by atoms with Crippen LogP contribution in [0.5, 0.6) is 0 Å². The largest absolute Gasteiger partial charge is 0.481 e. The minimum atomic E-state index is -3.13. The van der Waals surface area contributed by atoms with Crippen LogP contribution < -0.4 is 4.90 Å². The monoisotopic (exact) mass is 617 g/mol. The molecule has 16 heteroatoms. The molecule has 224 valence electrons. The van der Waals surface area contributed by atoms with Gasteiger partial charge in [-0.15, -0.1) is 11.3 Å². The van der Waals surface area contributed by atoms with Gasteiger partial charge in [-0.25, -0.2) is 18.4 Å². The van der Waals surface area contributed by atoms with E-state index in [1.165, 1.54) is 11.1 Å². The van der Waals surface area contributed by atoms with Gasteiger partial charge < -0.3 is 19.8 Å². The number of aliphatic carboxylic acids is 2. The van der Waals surface area contributed by atoms with E-state index < -0.39 is 28.4 Å². The molecule has 0 saturated carbocycles.